The van der Waals surface area contributed by atoms with E-state index in [0.29, 0.717) is 41.9 Å². The molecule has 3 aliphatic rings. The van der Waals surface area contributed by atoms with Crippen molar-refractivity contribution in [1.29, 1.82) is 0 Å². The lowest BCUT2D eigenvalue weighted by molar-refractivity contribution is -0.145. The van der Waals surface area contributed by atoms with Gasteiger partial charge in [0.1, 0.15) is 35.9 Å². The molecule has 2 aliphatic heterocycles. The Morgan fingerprint density at radius 1 is 1.14 bits per heavy atom. The Morgan fingerprint density at radius 2 is 1.95 bits per heavy atom. The van der Waals surface area contributed by atoms with Gasteiger partial charge in [-0.05, 0) is 57.1 Å². The zero-order valence-corrected chi connectivity index (χ0v) is 24.1. The van der Waals surface area contributed by atoms with Gasteiger partial charge in [0.15, 0.2) is 17.4 Å². The summed E-state index contributed by atoms with van der Waals surface area (Å²) in [5.41, 5.74) is -1.08. The molecule has 226 valence electrons. The minimum absolute atomic E-state index is 0.210. The van der Waals surface area contributed by atoms with Gasteiger partial charge >= 0.3 is 13.7 Å². The van der Waals surface area contributed by atoms with Gasteiger partial charge in [0, 0.05) is 0 Å². The Labute approximate surface area is 241 Å². The standard InChI is InChI=1S/C27H34N5O9P/c1-16-25(34)37-10-6-7-17-11-18(17)12-38-24-21-23(28-14-29-24)32(15-30-21)26-27(2,35)22(33)20(40-26)13-39-42(36,31-16)41-19-8-4-3-5-9-19/h3-5,8-9,14-18,20,22,26,33,35H,6-7,10-13H2,1-2H3,(H,31,36)/t16-,17?,18?,20-,22-,26-,27-,42?/m1/s1. The molecule has 4 heterocycles. The van der Waals surface area contributed by atoms with Crippen molar-refractivity contribution in [3.63, 3.8) is 0 Å². The maximum absolute atomic E-state index is 13.9. The maximum Gasteiger partial charge on any atom is 0.459 e. The van der Waals surface area contributed by atoms with Gasteiger partial charge < -0.3 is 28.9 Å². The molecule has 2 fully saturated rings. The molecule has 15 heteroatoms. The minimum Gasteiger partial charge on any atom is -0.476 e. The van der Waals surface area contributed by atoms with Crippen LogP contribution in [-0.4, -0.2) is 79.4 Å². The van der Waals surface area contributed by atoms with Crippen LogP contribution in [-0.2, 0) is 23.4 Å². The molecule has 6 rings (SSSR count). The number of nitrogens with one attached hydrogen (secondary N) is 1. The van der Waals surface area contributed by atoms with Crippen molar-refractivity contribution < 1.29 is 42.8 Å². The van der Waals surface area contributed by atoms with E-state index in [1.807, 2.05) is 0 Å². The zero-order valence-electron chi connectivity index (χ0n) is 23.2. The number of aliphatic hydroxyl groups is 2. The molecule has 8 atom stereocenters. The van der Waals surface area contributed by atoms with E-state index in [1.54, 1.807) is 30.3 Å². The van der Waals surface area contributed by atoms with Gasteiger partial charge in [0.2, 0.25) is 5.88 Å². The number of imidazole rings is 1. The second kappa shape index (κ2) is 11.5. The van der Waals surface area contributed by atoms with Gasteiger partial charge in [0.05, 0.1) is 26.1 Å². The number of hydrogen-bond donors (Lipinski definition) is 3. The van der Waals surface area contributed by atoms with Crippen LogP contribution in [0.5, 0.6) is 11.6 Å². The molecular weight excluding hydrogens is 569 g/mol. The van der Waals surface area contributed by atoms with Crippen LogP contribution >= 0.6 is 7.75 Å². The molecule has 0 spiro atoms. The Bertz CT molecular complexity index is 1470. The Balaban J connectivity index is 1.29. The molecule has 0 amide bonds. The average Bonchev–Trinajstić information content (AvgIpc) is 3.51. The van der Waals surface area contributed by atoms with E-state index in [4.69, 9.17) is 23.3 Å². The molecule has 1 saturated heterocycles. The van der Waals surface area contributed by atoms with Crippen molar-refractivity contribution in [1.82, 2.24) is 24.6 Å². The Morgan fingerprint density at radius 3 is 2.76 bits per heavy atom. The fraction of sp³-hybridized carbons (Fsp3) is 0.556. The first-order valence-corrected chi connectivity index (χ1v) is 15.5. The van der Waals surface area contributed by atoms with Gasteiger partial charge in [-0.3, -0.25) is 13.9 Å². The second-order valence-electron chi connectivity index (χ2n) is 11.1. The van der Waals surface area contributed by atoms with Gasteiger partial charge in [-0.15, -0.1) is 0 Å². The monoisotopic (exact) mass is 603 g/mol. The quantitative estimate of drug-likeness (QED) is 0.288. The number of hydrogen-bond acceptors (Lipinski definition) is 12. The van der Waals surface area contributed by atoms with E-state index < -0.39 is 50.4 Å². The summed E-state index contributed by atoms with van der Waals surface area (Å²) in [6, 6.07) is 7.29. The highest BCUT2D eigenvalue weighted by Crippen LogP contribution is 2.47. The maximum atomic E-state index is 13.9. The predicted molar refractivity (Wildman–Crippen MR) is 146 cm³/mol. The Kier molecular flexibility index (Phi) is 7.94. The van der Waals surface area contributed by atoms with Crippen LogP contribution in [0.4, 0.5) is 0 Å². The number of aliphatic hydroxyl groups excluding tert-OH is 1. The molecule has 3 N–H and O–H groups in total. The topological polar surface area (TPSA) is 176 Å². The molecule has 3 aromatic rings. The van der Waals surface area contributed by atoms with E-state index in [-0.39, 0.29) is 12.4 Å². The van der Waals surface area contributed by atoms with Crippen LogP contribution in [0.3, 0.4) is 0 Å². The number of cyclic esters (lactones) is 1. The number of nitrogens with zero attached hydrogens (tertiary/aromatic N) is 4. The van der Waals surface area contributed by atoms with Gasteiger partial charge in [-0.2, -0.15) is 10.1 Å². The third-order valence-electron chi connectivity index (χ3n) is 7.88. The van der Waals surface area contributed by atoms with E-state index in [1.165, 1.54) is 31.1 Å². The van der Waals surface area contributed by atoms with Gasteiger partial charge in [-0.1, -0.05) is 18.2 Å². The normalized spacial score (nSPS) is 36.0. The number of rotatable bonds is 2. The molecule has 1 aromatic carbocycles. The zero-order chi connectivity index (χ0) is 29.5. The molecule has 0 radical (unpaired) electrons. The number of carbonyl (C=O) groups excluding carboxylic acids is 1. The van der Waals surface area contributed by atoms with Crippen molar-refractivity contribution >= 4 is 24.9 Å². The van der Waals surface area contributed by atoms with Crippen LogP contribution in [0.25, 0.3) is 11.2 Å². The third kappa shape index (κ3) is 5.87. The number of benzene rings is 1. The fourth-order valence-corrected chi connectivity index (χ4v) is 6.86. The molecule has 14 nitrogen and oxygen atoms in total. The lowest BCUT2D eigenvalue weighted by atomic mass is 9.96. The molecule has 1 saturated carbocycles. The summed E-state index contributed by atoms with van der Waals surface area (Å²) in [7, 11) is -4.22. The molecular formula is C27H34N5O9P. The van der Waals surface area contributed by atoms with Gasteiger partial charge in [-0.25, -0.2) is 14.5 Å². The van der Waals surface area contributed by atoms with Crippen molar-refractivity contribution in [2.45, 2.75) is 63.2 Å². The lowest BCUT2D eigenvalue weighted by Gasteiger charge is -2.27. The number of para-hydroxylation sites is 1. The number of aromatic nitrogens is 4. The van der Waals surface area contributed by atoms with Crippen LogP contribution in [0.2, 0.25) is 0 Å². The largest absolute Gasteiger partial charge is 0.476 e. The van der Waals surface area contributed by atoms with E-state index in [9.17, 15) is 19.6 Å². The van der Waals surface area contributed by atoms with Crippen molar-refractivity contribution in [3.05, 3.63) is 43.0 Å². The minimum atomic E-state index is -4.22. The molecule has 42 heavy (non-hydrogen) atoms. The second-order valence-corrected chi connectivity index (χ2v) is 12.8. The summed E-state index contributed by atoms with van der Waals surface area (Å²) in [6.07, 6.45) is 1.58. The average molecular weight is 604 g/mol. The van der Waals surface area contributed by atoms with Crippen LogP contribution in [0, 0.1) is 11.8 Å². The highest BCUT2D eigenvalue weighted by Gasteiger charge is 2.54. The molecule has 2 aromatic heterocycles. The van der Waals surface area contributed by atoms with Crippen LogP contribution in [0.15, 0.2) is 43.0 Å². The summed E-state index contributed by atoms with van der Waals surface area (Å²) in [5.74, 6) is 0.715. The van der Waals surface area contributed by atoms with E-state index >= 15 is 0 Å². The third-order valence-corrected chi connectivity index (χ3v) is 9.53. The Hall–Kier alpha value is -3.13. The highest BCUT2D eigenvalue weighted by molar-refractivity contribution is 7.52. The first kappa shape index (κ1) is 29.0. The van der Waals surface area contributed by atoms with Crippen LogP contribution < -0.4 is 14.3 Å². The first-order valence-electron chi connectivity index (χ1n) is 13.9. The van der Waals surface area contributed by atoms with E-state index in [2.05, 4.69) is 20.0 Å². The van der Waals surface area contributed by atoms with Crippen molar-refractivity contribution in [2.75, 3.05) is 19.8 Å². The van der Waals surface area contributed by atoms with E-state index in [0.717, 1.165) is 12.8 Å². The number of ether oxygens (including phenoxy) is 3. The van der Waals surface area contributed by atoms with Gasteiger partial charge in [0.25, 0.3) is 0 Å². The fourth-order valence-electron chi connectivity index (χ4n) is 5.35. The predicted octanol–water partition coefficient (Wildman–Crippen LogP) is 2.37. The summed E-state index contributed by atoms with van der Waals surface area (Å²) >= 11 is 0. The number of esters is 1. The SMILES string of the molecule is C[C@H]1NP(=O)(Oc2ccccc2)OC[C@H]2O[C@@H](n3cnc4c(ncnc43)OCC3CC3CCCOC1=O)[C@](C)(O)[C@@H]2O. The number of fused-ring (bicyclic) bond motifs is 4. The molecule has 3 unspecified atom stereocenters. The van der Waals surface area contributed by atoms with Crippen molar-refractivity contribution in [2.24, 2.45) is 11.8 Å². The summed E-state index contributed by atoms with van der Waals surface area (Å²) < 4.78 is 44.3. The summed E-state index contributed by atoms with van der Waals surface area (Å²) in [5, 5.41) is 25.0. The lowest BCUT2D eigenvalue weighted by Crippen LogP contribution is -2.44. The first-order chi connectivity index (χ1) is 20.1. The van der Waals surface area contributed by atoms with Crippen molar-refractivity contribution in [3.8, 4) is 11.6 Å². The molecule has 1 aliphatic carbocycles. The molecule has 6 bridgehead atoms. The summed E-state index contributed by atoms with van der Waals surface area (Å²) in [6.45, 7) is 3.12. The highest BCUT2D eigenvalue weighted by atomic mass is 31.2. The van der Waals surface area contributed by atoms with Crippen LogP contribution in [0.1, 0.15) is 39.3 Å². The smallest absolute Gasteiger partial charge is 0.459 e. The summed E-state index contributed by atoms with van der Waals surface area (Å²) in [4.78, 5) is 25.7. The number of carbonyl (C=O) groups is 1.